The van der Waals surface area contributed by atoms with Crippen molar-refractivity contribution in [3.63, 3.8) is 0 Å². The summed E-state index contributed by atoms with van der Waals surface area (Å²) in [6.45, 7) is 4.27. The fraction of sp³-hybridized carbons (Fsp3) is 0.538. The Morgan fingerprint density at radius 2 is 2.42 bits per heavy atom. The second-order valence-corrected chi connectivity index (χ2v) is 5.90. The maximum absolute atomic E-state index is 4.32. The van der Waals surface area contributed by atoms with Crippen molar-refractivity contribution in [1.82, 2.24) is 20.8 Å². The molecular formula is C13H19N5S. The van der Waals surface area contributed by atoms with E-state index in [1.807, 2.05) is 0 Å². The summed E-state index contributed by atoms with van der Waals surface area (Å²) in [4.78, 5) is 9.63. The van der Waals surface area contributed by atoms with E-state index in [4.69, 9.17) is 0 Å². The standard InChI is InChI=1S/C13H19N5S/c1-9-10(7-17-18-9)3-2-5-14-12-11-4-6-19-13(11)16-8-15-12/h4,6,8-10,17-18H,2-3,5,7H2,1H3,(H,14,15,16). The smallest absolute Gasteiger partial charge is 0.138 e. The van der Waals surface area contributed by atoms with Gasteiger partial charge in [0.25, 0.3) is 0 Å². The number of nitrogens with one attached hydrogen (secondary N) is 3. The molecule has 1 aliphatic rings. The predicted octanol–water partition coefficient (Wildman–Crippen LogP) is 2.00. The molecule has 0 amide bonds. The number of nitrogens with zero attached hydrogens (tertiary/aromatic N) is 2. The van der Waals surface area contributed by atoms with E-state index in [9.17, 15) is 0 Å². The summed E-state index contributed by atoms with van der Waals surface area (Å²) >= 11 is 1.65. The maximum atomic E-state index is 4.32. The molecule has 2 unspecified atom stereocenters. The molecule has 2 atom stereocenters. The van der Waals surface area contributed by atoms with Gasteiger partial charge in [-0.25, -0.2) is 9.97 Å². The highest BCUT2D eigenvalue weighted by Gasteiger charge is 2.21. The average molecular weight is 277 g/mol. The third-order valence-electron chi connectivity index (χ3n) is 3.71. The van der Waals surface area contributed by atoms with Gasteiger partial charge in [0.1, 0.15) is 17.0 Å². The molecular weight excluding hydrogens is 258 g/mol. The van der Waals surface area contributed by atoms with Crippen molar-refractivity contribution in [2.24, 2.45) is 5.92 Å². The fourth-order valence-electron chi connectivity index (χ4n) is 2.50. The van der Waals surface area contributed by atoms with Crippen LogP contribution in [0.4, 0.5) is 5.82 Å². The number of rotatable bonds is 5. The summed E-state index contributed by atoms with van der Waals surface area (Å²) in [6.07, 6.45) is 4.02. The van der Waals surface area contributed by atoms with Crippen molar-refractivity contribution in [3.05, 3.63) is 17.8 Å². The highest BCUT2D eigenvalue weighted by Crippen LogP contribution is 2.23. The van der Waals surface area contributed by atoms with E-state index >= 15 is 0 Å². The second kappa shape index (κ2) is 5.81. The van der Waals surface area contributed by atoms with E-state index in [2.05, 4.69) is 44.5 Å². The van der Waals surface area contributed by atoms with Crippen LogP contribution in [0.15, 0.2) is 17.8 Å². The van der Waals surface area contributed by atoms with E-state index in [1.54, 1.807) is 17.7 Å². The Hall–Kier alpha value is -1.24. The van der Waals surface area contributed by atoms with Gasteiger partial charge in [-0.2, -0.15) is 0 Å². The Morgan fingerprint density at radius 3 is 3.26 bits per heavy atom. The number of hydrazine groups is 1. The highest BCUT2D eigenvalue weighted by atomic mass is 32.1. The Kier molecular flexibility index (Phi) is 3.91. The van der Waals surface area contributed by atoms with Crippen LogP contribution in [0, 0.1) is 5.92 Å². The largest absolute Gasteiger partial charge is 0.369 e. The minimum Gasteiger partial charge on any atom is -0.369 e. The second-order valence-electron chi connectivity index (χ2n) is 5.00. The Labute approximate surface area is 116 Å². The number of hydrogen-bond acceptors (Lipinski definition) is 6. The van der Waals surface area contributed by atoms with E-state index in [1.165, 1.54) is 6.42 Å². The SMILES string of the molecule is CC1NNCC1CCCNc1ncnc2sccc12. The molecule has 19 heavy (non-hydrogen) atoms. The molecule has 1 saturated heterocycles. The molecule has 3 N–H and O–H groups in total. The third-order valence-corrected chi connectivity index (χ3v) is 4.53. The van der Waals surface area contributed by atoms with Crippen LogP contribution >= 0.6 is 11.3 Å². The van der Waals surface area contributed by atoms with Crippen LogP contribution in [-0.4, -0.2) is 29.1 Å². The van der Waals surface area contributed by atoms with Crippen LogP contribution < -0.4 is 16.2 Å². The summed E-state index contributed by atoms with van der Waals surface area (Å²) in [5.41, 5.74) is 6.47. The molecule has 0 radical (unpaired) electrons. The number of thiophene rings is 1. The van der Waals surface area contributed by atoms with Gasteiger partial charge in [-0.15, -0.1) is 11.3 Å². The Bertz CT molecular complexity index is 541. The van der Waals surface area contributed by atoms with Crippen LogP contribution in [0.1, 0.15) is 19.8 Å². The van der Waals surface area contributed by atoms with E-state index in [-0.39, 0.29) is 0 Å². The lowest BCUT2D eigenvalue weighted by Crippen LogP contribution is -2.28. The Balaban J connectivity index is 1.51. The zero-order valence-corrected chi connectivity index (χ0v) is 11.8. The van der Waals surface area contributed by atoms with Crippen LogP contribution in [0.3, 0.4) is 0 Å². The topological polar surface area (TPSA) is 61.9 Å². The molecule has 1 fully saturated rings. The lowest BCUT2D eigenvalue weighted by molar-refractivity contribution is 0.452. The number of hydrogen-bond donors (Lipinski definition) is 3. The number of anilines is 1. The monoisotopic (exact) mass is 277 g/mol. The summed E-state index contributed by atoms with van der Waals surface area (Å²) in [7, 11) is 0. The molecule has 0 saturated carbocycles. The van der Waals surface area contributed by atoms with Gasteiger partial charge in [-0.05, 0) is 37.1 Å². The van der Waals surface area contributed by atoms with Gasteiger partial charge in [0.15, 0.2) is 0 Å². The predicted molar refractivity (Wildman–Crippen MR) is 79.2 cm³/mol. The van der Waals surface area contributed by atoms with Crippen LogP contribution in [0.5, 0.6) is 0 Å². The quantitative estimate of drug-likeness (QED) is 0.730. The first-order valence-corrected chi connectivity index (χ1v) is 7.63. The van der Waals surface area contributed by atoms with E-state index < -0.39 is 0 Å². The number of aromatic nitrogens is 2. The van der Waals surface area contributed by atoms with Gasteiger partial charge in [-0.3, -0.25) is 10.9 Å². The highest BCUT2D eigenvalue weighted by molar-refractivity contribution is 7.16. The molecule has 102 valence electrons. The maximum Gasteiger partial charge on any atom is 0.138 e. The molecule has 0 aromatic carbocycles. The molecule has 3 heterocycles. The van der Waals surface area contributed by atoms with Crippen LogP contribution in [0.25, 0.3) is 10.2 Å². The van der Waals surface area contributed by atoms with E-state index in [0.29, 0.717) is 6.04 Å². The van der Waals surface area contributed by atoms with Gasteiger partial charge < -0.3 is 5.32 Å². The minimum absolute atomic E-state index is 0.572. The molecule has 6 heteroatoms. The van der Waals surface area contributed by atoms with Crippen molar-refractivity contribution in [2.75, 3.05) is 18.4 Å². The van der Waals surface area contributed by atoms with Gasteiger partial charge in [0.05, 0.1) is 5.39 Å². The average Bonchev–Trinajstić information content (AvgIpc) is 3.04. The van der Waals surface area contributed by atoms with Crippen molar-refractivity contribution in [1.29, 1.82) is 0 Å². The van der Waals surface area contributed by atoms with Crippen LogP contribution in [0.2, 0.25) is 0 Å². The van der Waals surface area contributed by atoms with Crippen molar-refractivity contribution >= 4 is 27.4 Å². The summed E-state index contributed by atoms with van der Waals surface area (Å²) in [5, 5.41) is 6.61. The van der Waals surface area contributed by atoms with Crippen molar-refractivity contribution < 1.29 is 0 Å². The molecule has 2 aromatic heterocycles. The van der Waals surface area contributed by atoms with Gasteiger partial charge >= 0.3 is 0 Å². The molecule has 0 spiro atoms. The van der Waals surface area contributed by atoms with Crippen LogP contribution in [-0.2, 0) is 0 Å². The fourth-order valence-corrected chi connectivity index (χ4v) is 3.23. The number of fused-ring (bicyclic) bond motifs is 1. The summed E-state index contributed by atoms with van der Waals surface area (Å²) in [5.74, 6) is 1.69. The van der Waals surface area contributed by atoms with Gasteiger partial charge in [0, 0.05) is 19.1 Å². The third kappa shape index (κ3) is 2.86. The minimum atomic E-state index is 0.572. The summed E-state index contributed by atoms with van der Waals surface area (Å²) < 4.78 is 0. The van der Waals surface area contributed by atoms with E-state index in [0.717, 1.165) is 41.5 Å². The molecule has 1 aliphatic heterocycles. The molecule has 2 aromatic rings. The zero-order valence-electron chi connectivity index (χ0n) is 11.0. The van der Waals surface area contributed by atoms with Gasteiger partial charge in [-0.1, -0.05) is 0 Å². The molecule has 5 nitrogen and oxygen atoms in total. The lowest BCUT2D eigenvalue weighted by atomic mass is 9.98. The van der Waals surface area contributed by atoms with Crippen molar-refractivity contribution in [2.45, 2.75) is 25.8 Å². The first-order chi connectivity index (χ1) is 9.34. The van der Waals surface area contributed by atoms with Crippen molar-refractivity contribution in [3.8, 4) is 0 Å². The first-order valence-electron chi connectivity index (χ1n) is 6.75. The van der Waals surface area contributed by atoms with Gasteiger partial charge in [0.2, 0.25) is 0 Å². The normalized spacial score (nSPS) is 23.0. The first kappa shape index (κ1) is 12.8. The molecule has 3 rings (SSSR count). The lowest BCUT2D eigenvalue weighted by Gasteiger charge is -2.13. The Morgan fingerprint density at radius 1 is 1.47 bits per heavy atom. The summed E-state index contributed by atoms with van der Waals surface area (Å²) in [6, 6.07) is 2.65. The molecule has 0 bridgehead atoms. The zero-order chi connectivity index (χ0) is 13.1. The molecule has 0 aliphatic carbocycles.